The number of ether oxygens (including phenoxy) is 1. The number of amides is 2. The Hall–Kier alpha value is -1.83. The zero-order valence-electron chi connectivity index (χ0n) is 9.40. The van der Waals surface area contributed by atoms with E-state index in [0.29, 0.717) is 5.75 Å². The van der Waals surface area contributed by atoms with Crippen LogP contribution in [-0.4, -0.2) is 25.1 Å². The molecule has 1 aromatic rings. The molecule has 4 N–H and O–H groups in total. The lowest BCUT2D eigenvalue weighted by Gasteiger charge is -2.09. The van der Waals surface area contributed by atoms with Crippen molar-refractivity contribution in [3.63, 3.8) is 0 Å². The largest absolute Gasteiger partial charge is 0.477 e. The highest BCUT2D eigenvalue weighted by Gasteiger charge is 1.96. The van der Waals surface area contributed by atoms with Crippen LogP contribution in [0, 0.1) is 0 Å². The van der Waals surface area contributed by atoms with E-state index in [2.05, 4.69) is 21.1 Å². The van der Waals surface area contributed by atoms with E-state index in [-0.39, 0.29) is 19.4 Å². The number of carbonyl (C=O) groups is 1. The summed E-state index contributed by atoms with van der Waals surface area (Å²) < 4.78 is 5.28. The van der Waals surface area contributed by atoms with E-state index < -0.39 is 0 Å². The molecule has 94 valence electrons. The van der Waals surface area contributed by atoms with Gasteiger partial charge < -0.3 is 10.1 Å². The number of benzene rings is 1. The molecule has 1 aromatic carbocycles. The predicted octanol–water partition coefficient (Wildman–Crippen LogP) is 0.446. The van der Waals surface area contributed by atoms with Crippen LogP contribution >= 0.6 is 0 Å². The fourth-order valence-corrected chi connectivity index (χ4v) is 1.05. The second kappa shape index (κ2) is 7.44. The lowest BCUT2D eigenvalue weighted by molar-refractivity contribution is -0.253. The molecule has 0 atom stereocenters. The van der Waals surface area contributed by atoms with E-state index in [9.17, 15) is 4.79 Å². The lowest BCUT2D eigenvalue weighted by atomic mass is 10.2. The van der Waals surface area contributed by atoms with Crippen LogP contribution < -0.4 is 20.9 Å². The van der Waals surface area contributed by atoms with Crippen LogP contribution in [0.1, 0.15) is 5.56 Å². The van der Waals surface area contributed by atoms with E-state index in [4.69, 9.17) is 9.99 Å². The van der Waals surface area contributed by atoms with Crippen molar-refractivity contribution in [2.45, 2.75) is 6.61 Å². The molecule has 0 radical (unpaired) electrons. The molecule has 17 heavy (non-hydrogen) atoms. The van der Waals surface area contributed by atoms with Crippen LogP contribution in [-0.2, 0) is 11.5 Å². The Morgan fingerprint density at radius 2 is 2.06 bits per heavy atom. The van der Waals surface area contributed by atoms with Gasteiger partial charge in [-0.25, -0.2) is 9.68 Å². The summed E-state index contributed by atoms with van der Waals surface area (Å²) in [6.45, 7) is 0.278. The molecule has 0 bridgehead atoms. The number of hydrogen-bond donors (Lipinski definition) is 4. The van der Waals surface area contributed by atoms with Crippen molar-refractivity contribution in [1.29, 1.82) is 0 Å². The van der Waals surface area contributed by atoms with E-state index in [0.717, 1.165) is 5.56 Å². The summed E-state index contributed by atoms with van der Waals surface area (Å²) in [4.78, 5) is 14.8. The molecule has 0 spiro atoms. The van der Waals surface area contributed by atoms with Gasteiger partial charge in [-0.3, -0.25) is 10.7 Å². The molecule has 1 rings (SSSR count). The van der Waals surface area contributed by atoms with Gasteiger partial charge in [-0.2, -0.15) is 5.43 Å². The van der Waals surface area contributed by atoms with E-state index >= 15 is 0 Å². The van der Waals surface area contributed by atoms with Gasteiger partial charge in [0.2, 0.25) is 0 Å². The molecule has 0 fully saturated rings. The Balaban J connectivity index is 2.25. The summed E-state index contributed by atoms with van der Waals surface area (Å²) in [6, 6.07) is 6.64. The molecule has 0 aliphatic carbocycles. The van der Waals surface area contributed by atoms with E-state index in [1.54, 1.807) is 24.3 Å². The standard InChI is InChI=1S/C10H15N3O4/c1-11-10(14)13-12-7-16-9-4-2-8(3-5-9)6-17-15/h2-5,12,15H,6-7H2,1H3,(H2,11,13,14). The van der Waals surface area contributed by atoms with Crippen molar-refractivity contribution in [2.24, 2.45) is 0 Å². The van der Waals surface area contributed by atoms with Gasteiger partial charge in [-0.1, -0.05) is 12.1 Å². The maximum Gasteiger partial charge on any atom is 0.328 e. The average molecular weight is 241 g/mol. The van der Waals surface area contributed by atoms with Crippen LogP contribution in [0.15, 0.2) is 24.3 Å². The number of rotatable bonds is 6. The molecule has 0 aliphatic heterocycles. The second-order valence-electron chi connectivity index (χ2n) is 3.09. The van der Waals surface area contributed by atoms with Crippen LogP contribution in [0.2, 0.25) is 0 Å². The topological polar surface area (TPSA) is 91.9 Å². The maximum atomic E-state index is 10.8. The summed E-state index contributed by atoms with van der Waals surface area (Å²) in [5.41, 5.74) is 5.76. The first-order valence-corrected chi connectivity index (χ1v) is 4.95. The van der Waals surface area contributed by atoms with Gasteiger partial charge in [-0.05, 0) is 17.7 Å². The number of hydrogen-bond acceptors (Lipinski definition) is 5. The normalized spacial score (nSPS) is 9.76. The zero-order chi connectivity index (χ0) is 12.5. The third kappa shape index (κ3) is 5.16. The van der Waals surface area contributed by atoms with Gasteiger partial charge >= 0.3 is 6.03 Å². The number of nitrogens with one attached hydrogen (secondary N) is 3. The van der Waals surface area contributed by atoms with Gasteiger partial charge in [0.05, 0.1) is 0 Å². The first-order valence-electron chi connectivity index (χ1n) is 4.95. The van der Waals surface area contributed by atoms with Gasteiger partial charge in [0.15, 0.2) is 6.73 Å². The van der Waals surface area contributed by atoms with E-state index in [1.807, 2.05) is 0 Å². The van der Waals surface area contributed by atoms with Crippen molar-refractivity contribution >= 4 is 6.03 Å². The van der Waals surface area contributed by atoms with Gasteiger partial charge in [0.25, 0.3) is 0 Å². The molecule has 0 saturated heterocycles. The molecule has 0 saturated carbocycles. The molecule has 2 amide bonds. The Kier molecular flexibility index (Phi) is 5.80. The molecule has 0 heterocycles. The fraction of sp³-hybridized carbons (Fsp3) is 0.300. The van der Waals surface area contributed by atoms with Crippen molar-refractivity contribution in [3.05, 3.63) is 29.8 Å². The Morgan fingerprint density at radius 3 is 2.65 bits per heavy atom. The minimum absolute atomic E-state index is 0.136. The average Bonchev–Trinajstić information content (AvgIpc) is 2.36. The van der Waals surface area contributed by atoms with Crippen LogP contribution in [0.5, 0.6) is 5.75 Å². The maximum absolute atomic E-state index is 10.8. The Labute approximate surface area is 98.6 Å². The Bertz CT molecular complexity index is 342. The second-order valence-corrected chi connectivity index (χ2v) is 3.09. The van der Waals surface area contributed by atoms with Gasteiger partial charge in [0.1, 0.15) is 12.4 Å². The first-order chi connectivity index (χ1) is 8.26. The molecule has 0 aliphatic rings. The third-order valence-electron chi connectivity index (χ3n) is 1.89. The lowest BCUT2D eigenvalue weighted by Crippen LogP contribution is -2.44. The Morgan fingerprint density at radius 1 is 1.35 bits per heavy atom. The monoisotopic (exact) mass is 241 g/mol. The smallest absolute Gasteiger partial charge is 0.328 e. The zero-order valence-corrected chi connectivity index (χ0v) is 9.40. The molecule has 7 heteroatoms. The molecule has 0 aromatic heterocycles. The number of hydrazine groups is 1. The molecule has 7 nitrogen and oxygen atoms in total. The van der Waals surface area contributed by atoms with Gasteiger partial charge in [0, 0.05) is 7.05 Å². The number of carbonyl (C=O) groups excluding carboxylic acids is 1. The highest BCUT2D eigenvalue weighted by molar-refractivity contribution is 5.72. The van der Waals surface area contributed by atoms with Crippen molar-refractivity contribution in [2.75, 3.05) is 13.8 Å². The SMILES string of the molecule is CNC(=O)NNCOc1ccc(COO)cc1. The molecule has 0 unspecified atom stereocenters. The van der Waals surface area contributed by atoms with Crippen LogP contribution in [0.4, 0.5) is 4.79 Å². The first kappa shape index (κ1) is 13.2. The number of urea groups is 1. The molecular formula is C10H15N3O4. The summed E-state index contributed by atoms with van der Waals surface area (Å²) in [7, 11) is 1.51. The highest BCUT2D eigenvalue weighted by atomic mass is 17.1. The van der Waals surface area contributed by atoms with Crippen LogP contribution in [0.3, 0.4) is 0 Å². The summed E-state index contributed by atoms with van der Waals surface area (Å²) in [5.74, 6) is 0.637. The molecular weight excluding hydrogens is 226 g/mol. The van der Waals surface area contributed by atoms with E-state index in [1.165, 1.54) is 7.05 Å². The highest BCUT2D eigenvalue weighted by Crippen LogP contribution is 2.11. The minimum atomic E-state index is -0.343. The fourth-order valence-electron chi connectivity index (χ4n) is 1.05. The third-order valence-corrected chi connectivity index (χ3v) is 1.89. The summed E-state index contributed by atoms with van der Waals surface area (Å²) in [5, 5.41) is 10.6. The minimum Gasteiger partial charge on any atom is -0.477 e. The van der Waals surface area contributed by atoms with Crippen molar-refractivity contribution in [3.8, 4) is 5.75 Å². The van der Waals surface area contributed by atoms with Crippen molar-refractivity contribution in [1.82, 2.24) is 16.2 Å². The summed E-state index contributed by atoms with van der Waals surface area (Å²) >= 11 is 0. The summed E-state index contributed by atoms with van der Waals surface area (Å²) in [6.07, 6.45) is 0. The van der Waals surface area contributed by atoms with Crippen molar-refractivity contribution < 1.29 is 19.7 Å². The predicted molar refractivity (Wildman–Crippen MR) is 60.1 cm³/mol. The van der Waals surface area contributed by atoms with Crippen LogP contribution in [0.25, 0.3) is 0 Å². The quantitative estimate of drug-likeness (QED) is 0.251. The van der Waals surface area contributed by atoms with Gasteiger partial charge in [-0.15, -0.1) is 0 Å².